The Balaban J connectivity index is 1.84. The second-order valence-electron chi connectivity index (χ2n) is 5.76. The average Bonchev–Trinajstić information content (AvgIpc) is 2.76. The number of rotatable bonds is 2. The van der Waals surface area contributed by atoms with Crippen LogP contribution in [0.3, 0.4) is 0 Å². The first-order chi connectivity index (χ1) is 9.60. The normalized spacial score (nSPS) is 29.2. The Morgan fingerprint density at radius 3 is 2.95 bits per heavy atom. The number of aliphatic hydroxyl groups excluding tert-OH is 1. The third kappa shape index (κ3) is 2.17. The van der Waals surface area contributed by atoms with Crippen molar-refractivity contribution in [1.82, 2.24) is 5.32 Å². The number of benzene rings is 1. The molecule has 1 saturated heterocycles. The molecule has 0 aromatic heterocycles. The first kappa shape index (κ1) is 13.4. The number of amides is 1. The average molecular weight is 275 g/mol. The van der Waals surface area contributed by atoms with Gasteiger partial charge in [-0.15, -0.1) is 0 Å². The molecule has 0 aliphatic carbocycles. The van der Waals surface area contributed by atoms with Crippen LogP contribution in [0.4, 0.5) is 11.4 Å². The van der Waals surface area contributed by atoms with Gasteiger partial charge in [-0.2, -0.15) is 0 Å². The maximum absolute atomic E-state index is 11.8. The highest BCUT2D eigenvalue weighted by Crippen LogP contribution is 2.34. The molecule has 3 atom stereocenters. The van der Waals surface area contributed by atoms with Gasteiger partial charge < -0.3 is 20.6 Å². The van der Waals surface area contributed by atoms with Gasteiger partial charge in [0.15, 0.2) is 0 Å². The molecular weight excluding hydrogens is 254 g/mol. The highest BCUT2D eigenvalue weighted by Gasteiger charge is 2.30. The Kier molecular flexibility index (Phi) is 3.40. The third-order valence-corrected chi connectivity index (χ3v) is 4.38. The lowest BCUT2D eigenvalue weighted by atomic mass is 9.96. The van der Waals surface area contributed by atoms with Gasteiger partial charge in [0.05, 0.1) is 6.10 Å². The molecule has 20 heavy (non-hydrogen) atoms. The fourth-order valence-corrected chi connectivity index (χ4v) is 3.10. The highest BCUT2D eigenvalue weighted by atomic mass is 16.3. The monoisotopic (exact) mass is 275 g/mol. The van der Waals surface area contributed by atoms with Gasteiger partial charge in [-0.1, -0.05) is 13.0 Å². The van der Waals surface area contributed by atoms with E-state index in [2.05, 4.69) is 28.5 Å². The number of fused-ring (bicyclic) bond motifs is 1. The summed E-state index contributed by atoms with van der Waals surface area (Å²) >= 11 is 0. The molecule has 5 nitrogen and oxygen atoms in total. The second kappa shape index (κ2) is 5.07. The fourth-order valence-electron chi connectivity index (χ4n) is 3.10. The van der Waals surface area contributed by atoms with E-state index >= 15 is 0 Å². The number of likely N-dealkylation sites (N-methyl/N-ethyl adjacent to an activating group) is 1. The van der Waals surface area contributed by atoms with Gasteiger partial charge in [0.25, 0.3) is 0 Å². The Morgan fingerprint density at radius 1 is 1.45 bits per heavy atom. The molecule has 1 aromatic rings. The van der Waals surface area contributed by atoms with Crippen LogP contribution >= 0.6 is 0 Å². The minimum Gasteiger partial charge on any atom is -0.393 e. The van der Waals surface area contributed by atoms with Crippen LogP contribution in [0.15, 0.2) is 18.2 Å². The third-order valence-electron chi connectivity index (χ3n) is 4.38. The molecular formula is C15H21N3O2. The van der Waals surface area contributed by atoms with Crippen molar-refractivity contribution in [3.8, 4) is 0 Å². The SMILES string of the molecule is CNC1C(=O)Nc2cc(N3CCC(O)C(C)C3)ccc21. The predicted molar refractivity (Wildman–Crippen MR) is 78.9 cm³/mol. The smallest absolute Gasteiger partial charge is 0.246 e. The standard InChI is InChI=1S/C15H21N3O2/c1-9-8-18(6-5-13(9)19)10-3-4-11-12(7-10)17-15(20)14(11)16-2/h3-4,7,9,13-14,16,19H,5-6,8H2,1-2H3,(H,17,20). The largest absolute Gasteiger partial charge is 0.393 e. The zero-order valence-corrected chi connectivity index (χ0v) is 11.9. The van der Waals surface area contributed by atoms with Crippen molar-refractivity contribution in [3.63, 3.8) is 0 Å². The molecule has 3 rings (SSSR count). The van der Waals surface area contributed by atoms with Crippen molar-refractivity contribution in [2.75, 3.05) is 30.4 Å². The van der Waals surface area contributed by atoms with Crippen LogP contribution in [0.2, 0.25) is 0 Å². The van der Waals surface area contributed by atoms with Crippen molar-refractivity contribution in [1.29, 1.82) is 0 Å². The van der Waals surface area contributed by atoms with Crippen molar-refractivity contribution in [2.24, 2.45) is 5.92 Å². The summed E-state index contributed by atoms with van der Waals surface area (Å²) in [6, 6.07) is 5.86. The van der Waals surface area contributed by atoms with Gasteiger partial charge in [-0.3, -0.25) is 4.79 Å². The molecule has 108 valence electrons. The van der Waals surface area contributed by atoms with E-state index in [0.29, 0.717) is 0 Å². The van der Waals surface area contributed by atoms with Gasteiger partial charge in [0, 0.05) is 30.0 Å². The summed E-state index contributed by atoms with van der Waals surface area (Å²) in [6.45, 7) is 3.78. The van der Waals surface area contributed by atoms with Crippen LogP contribution in [-0.2, 0) is 4.79 Å². The van der Waals surface area contributed by atoms with E-state index in [-0.39, 0.29) is 24.0 Å². The molecule has 1 amide bonds. The van der Waals surface area contributed by atoms with Gasteiger partial charge >= 0.3 is 0 Å². The Labute approximate surface area is 119 Å². The van der Waals surface area contributed by atoms with E-state index in [9.17, 15) is 9.90 Å². The summed E-state index contributed by atoms with van der Waals surface area (Å²) in [5.41, 5.74) is 3.01. The van der Waals surface area contributed by atoms with Gasteiger partial charge in [0.2, 0.25) is 5.91 Å². The van der Waals surface area contributed by atoms with Crippen LogP contribution in [0.5, 0.6) is 0 Å². The molecule has 2 aliphatic rings. The number of anilines is 2. The molecule has 2 heterocycles. The number of nitrogens with zero attached hydrogens (tertiary/aromatic N) is 1. The first-order valence-electron chi connectivity index (χ1n) is 7.15. The Bertz CT molecular complexity index is 532. The van der Waals surface area contributed by atoms with E-state index in [4.69, 9.17) is 0 Å². The van der Waals surface area contributed by atoms with Crippen LogP contribution in [0.1, 0.15) is 24.9 Å². The number of hydrogen-bond donors (Lipinski definition) is 3. The maximum atomic E-state index is 11.8. The van der Waals surface area contributed by atoms with Crippen LogP contribution < -0.4 is 15.5 Å². The quantitative estimate of drug-likeness (QED) is 0.756. The number of aliphatic hydroxyl groups is 1. The van der Waals surface area contributed by atoms with Gasteiger partial charge in [-0.25, -0.2) is 0 Å². The maximum Gasteiger partial charge on any atom is 0.246 e. The molecule has 0 spiro atoms. The number of carbonyl (C=O) groups is 1. The molecule has 1 fully saturated rings. The summed E-state index contributed by atoms with van der Waals surface area (Å²) in [4.78, 5) is 14.1. The van der Waals surface area contributed by atoms with Crippen molar-refractivity contribution >= 4 is 17.3 Å². The molecule has 0 saturated carbocycles. The number of nitrogens with one attached hydrogen (secondary N) is 2. The lowest BCUT2D eigenvalue weighted by Crippen LogP contribution is -2.41. The predicted octanol–water partition coefficient (Wildman–Crippen LogP) is 1.11. The minimum atomic E-state index is -0.249. The lowest BCUT2D eigenvalue weighted by molar-refractivity contribution is -0.117. The fraction of sp³-hybridized carbons (Fsp3) is 0.533. The first-order valence-corrected chi connectivity index (χ1v) is 7.15. The minimum absolute atomic E-state index is 0.00193. The number of hydrogen-bond acceptors (Lipinski definition) is 4. The molecule has 0 radical (unpaired) electrons. The summed E-state index contributed by atoms with van der Waals surface area (Å²) in [5.74, 6) is 0.277. The summed E-state index contributed by atoms with van der Waals surface area (Å²) in [5, 5.41) is 15.8. The Morgan fingerprint density at radius 2 is 2.25 bits per heavy atom. The van der Waals surface area contributed by atoms with Gasteiger partial charge in [-0.05, 0) is 31.5 Å². The van der Waals surface area contributed by atoms with Crippen LogP contribution in [-0.4, -0.2) is 37.3 Å². The van der Waals surface area contributed by atoms with Crippen LogP contribution in [0.25, 0.3) is 0 Å². The topological polar surface area (TPSA) is 64.6 Å². The summed E-state index contributed by atoms with van der Waals surface area (Å²) < 4.78 is 0. The molecule has 0 bridgehead atoms. The summed E-state index contributed by atoms with van der Waals surface area (Å²) in [6.07, 6.45) is 0.595. The second-order valence-corrected chi connectivity index (χ2v) is 5.76. The number of carbonyl (C=O) groups excluding carboxylic acids is 1. The van der Waals surface area contributed by atoms with Crippen molar-refractivity contribution in [3.05, 3.63) is 23.8 Å². The van der Waals surface area contributed by atoms with E-state index in [1.807, 2.05) is 12.1 Å². The zero-order chi connectivity index (χ0) is 14.3. The molecule has 5 heteroatoms. The van der Waals surface area contributed by atoms with E-state index in [1.54, 1.807) is 7.05 Å². The van der Waals surface area contributed by atoms with E-state index in [1.165, 1.54) is 0 Å². The van der Waals surface area contributed by atoms with Gasteiger partial charge in [0.1, 0.15) is 6.04 Å². The lowest BCUT2D eigenvalue weighted by Gasteiger charge is -2.36. The molecule has 1 aromatic carbocycles. The van der Waals surface area contributed by atoms with Crippen LogP contribution in [0, 0.1) is 5.92 Å². The van der Waals surface area contributed by atoms with E-state index in [0.717, 1.165) is 36.4 Å². The zero-order valence-electron chi connectivity index (χ0n) is 11.9. The Hall–Kier alpha value is -1.59. The van der Waals surface area contributed by atoms with E-state index < -0.39 is 0 Å². The highest BCUT2D eigenvalue weighted by molar-refractivity contribution is 6.03. The molecule has 2 aliphatic heterocycles. The molecule has 3 N–H and O–H groups in total. The van der Waals surface area contributed by atoms with Crippen molar-refractivity contribution < 1.29 is 9.90 Å². The number of piperidine rings is 1. The summed E-state index contributed by atoms with van der Waals surface area (Å²) in [7, 11) is 1.79. The molecule has 3 unspecified atom stereocenters. The van der Waals surface area contributed by atoms with Crippen molar-refractivity contribution in [2.45, 2.75) is 25.5 Å².